The summed E-state index contributed by atoms with van der Waals surface area (Å²) in [6, 6.07) is 7.69. The first-order valence-corrected chi connectivity index (χ1v) is 6.93. The van der Waals surface area contributed by atoms with Crippen molar-refractivity contribution in [2.45, 2.75) is 38.9 Å². The second-order valence-corrected chi connectivity index (χ2v) is 4.73. The monoisotopic (exact) mass is 289 g/mol. The van der Waals surface area contributed by atoms with Gasteiger partial charge in [0.15, 0.2) is 0 Å². The molecule has 0 spiro atoms. The van der Waals surface area contributed by atoms with E-state index < -0.39 is 12.8 Å². The van der Waals surface area contributed by atoms with Crippen LogP contribution in [0.4, 0.5) is 13.2 Å². The second kappa shape index (κ2) is 8.27. The maximum absolute atomic E-state index is 12.1. The molecule has 0 bridgehead atoms. The van der Waals surface area contributed by atoms with Crippen molar-refractivity contribution in [3.8, 4) is 0 Å². The number of aryl methyl sites for hydroxylation is 1. The van der Waals surface area contributed by atoms with Gasteiger partial charge in [-0.05, 0) is 30.5 Å². The van der Waals surface area contributed by atoms with Crippen LogP contribution < -0.4 is 5.32 Å². The highest BCUT2D eigenvalue weighted by atomic mass is 19.4. The van der Waals surface area contributed by atoms with E-state index in [1.165, 1.54) is 5.56 Å². The summed E-state index contributed by atoms with van der Waals surface area (Å²) in [5, 5.41) is 3.22. The zero-order valence-electron chi connectivity index (χ0n) is 12.0. The molecular weight excluding hydrogens is 267 g/mol. The largest absolute Gasteiger partial charge is 0.411 e. The van der Waals surface area contributed by atoms with E-state index in [2.05, 4.69) is 12.2 Å². The average molecular weight is 289 g/mol. The van der Waals surface area contributed by atoms with Gasteiger partial charge in [-0.15, -0.1) is 0 Å². The summed E-state index contributed by atoms with van der Waals surface area (Å²) >= 11 is 0. The third kappa shape index (κ3) is 6.39. The average Bonchev–Trinajstić information content (AvgIpc) is 2.41. The van der Waals surface area contributed by atoms with E-state index in [4.69, 9.17) is 4.74 Å². The molecule has 1 aromatic rings. The van der Waals surface area contributed by atoms with E-state index in [0.29, 0.717) is 0 Å². The Kier molecular flexibility index (Phi) is 7.02. The molecule has 0 aliphatic rings. The fraction of sp³-hybridized carbons (Fsp3) is 0.600. The Morgan fingerprint density at radius 1 is 1.15 bits per heavy atom. The molecule has 0 aromatic heterocycles. The van der Waals surface area contributed by atoms with Crippen molar-refractivity contribution in [1.29, 1.82) is 0 Å². The predicted molar refractivity (Wildman–Crippen MR) is 73.7 cm³/mol. The summed E-state index contributed by atoms with van der Waals surface area (Å²) in [4.78, 5) is 0. The quantitative estimate of drug-likeness (QED) is 0.784. The molecule has 114 valence electrons. The lowest BCUT2D eigenvalue weighted by Gasteiger charge is -2.20. The van der Waals surface area contributed by atoms with Crippen molar-refractivity contribution in [2.75, 3.05) is 19.8 Å². The molecule has 0 saturated heterocycles. The molecule has 1 atom stereocenters. The molecular formula is C15H22F3NO. The van der Waals surface area contributed by atoms with Crippen molar-refractivity contribution in [1.82, 2.24) is 5.32 Å². The normalized spacial score (nSPS) is 13.4. The molecule has 1 unspecified atom stereocenters. The predicted octanol–water partition coefficient (Wildman–Crippen LogP) is 3.87. The molecule has 0 saturated carbocycles. The summed E-state index contributed by atoms with van der Waals surface area (Å²) in [5.41, 5.74) is 2.16. The van der Waals surface area contributed by atoms with Crippen LogP contribution in [0.25, 0.3) is 0 Å². The van der Waals surface area contributed by atoms with Gasteiger partial charge in [0.05, 0.1) is 12.6 Å². The molecule has 1 aromatic carbocycles. The molecule has 0 aliphatic carbocycles. The molecule has 5 heteroatoms. The number of hydrogen-bond donors (Lipinski definition) is 1. The summed E-state index contributed by atoms with van der Waals surface area (Å²) in [5.74, 6) is 0. The lowest BCUT2D eigenvalue weighted by molar-refractivity contribution is -0.175. The Balaban J connectivity index is 2.62. The van der Waals surface area contributed by atoms with Gasteiger partial charge in [-0.1, -0.05) is 38.1 Å². The van der Waals surface area contributed by atoms with Gasteiger partial charge in [-0.25, -0.2) is 0 Å². The minimum absolute atomic E-state index is 0.0188. The fourth-order valence-corrected chi connectivity index (χ4v) is 1.87. The van der Waals surface area contributed by atoms with Crippen LogP contribution in [-0.2, 0) is 11.2 Å². The van der Waals surface area contributed by atoms with Crippen LogP contribution in [-0.4, -0.2) is 25.9 Å². The maximum Gasteiger partial charge on any atom is 0.411 e. The zero-order valence-corrected chi connectivity index (χ0v) is 12.0. The first-order chi connectivity index (χ1) is 9.46. The third-order valence-electron chi connectivity index (χ3n) is 2.98. The third-order valence-corrected chi connectivity index (χ3v) is 2.98. The summed E-state index contributed by atoms with van der Waals surface area (Å²) in [7, 11) is 0. The number of halogens is 3. The smallest absolute Gasteiger partial charge is 0.370 e. The Bertz CT molecular complexity index is 376. The van der Waals surface area contributed by atoms with Crippen molar-refractivity contribution >= 4 is 0 Å². The van der Waals surface area contributed by atoms with Crippen LogP contribution in [0.15, 0.2) is 24.3 Å². The van der Waals surface area contributed by atoms with E-state index in [0.717, 1.165) is 24.9 Å². The minimum atomic E-state index is -4.28. The van der Waals surface area contributed by atoms with Gasteiger partial charge in [-0.2, -0.15) is 13.2 Å². The lowest BCUT2D eigenvalue weighted by Crippen LogP contribution is -2.28. The Hall–Kier alpha value is -1.07. The fourth-order valence-electron chi connectivity index (χ4n) is 1.87. The maximum atomic E-state index is 12.1. The molecule has 0 heterocycles. The number of nitrogens with one attached hydrogen (secondary N) is 1. The Morgan fingerprint density at radius 3 is 2.30 bits per heavy atom. The van der Waals surface area contributed by atoms with Crippen LogP contribution in [0.2, 0.25) is 0 Å². The Morgan fingerprint density at radius 2 is 1.80 bits per heavy atom. The highest BCUT2D eigenvalue weighted by Crippen LogP contribution is 2.18. The number of hydrogen-bond acceptors (Lipinski definition) is 2. The standard InChI is InChI=1S/C15H22F3NO/c1-3-9-19-14(10-20-11-15(16,17)18)13-7-5-12(4-2)6-8-13/h5-8,14,19H,3-4,9-11H2,1-2H3. The molecule has 2 nitrogen and oxygen atoms in total. The van der Waals surface area contributed by atoms with Crippen LogP contribution in [0, 0.1) is 0 Å². The summed E-state index contributed by atoms with van der Waals surface area (Å²) in [6.45, 7) is 3.64. The van der Waals surface area contributed by atoms with Crippen molar-refractivity contribution < 1.29 is 17.9 Å². The Labute approximate surface area is 118 Å². The van der Waals surface area contributed by atoms with Gasteiger partial charge in [0.1, 0.15) is 6.61 Å². The number of ether oxygens (including phenoxy) is 1. The first kappa shape index (κ1) is 17.0. The topological polar surface area (TPSA) is 21.3 Å². The lowest BCUT2D eigenvalue weighted by atomic mass is 10.0. The minimum Gasteiger partial charge on any atom is -0.370 e. The second-order valence-electron chi connectivity index (χ2n) is 4.73. The highest BCUT2D eigenvalue weighted by Gasteiger charge is 2.28. The van der Waals surface area contributed by atoms with Gasteiger partial charge < -0.3 is 10.1 Å². The summed E-state index contributed by atoms with van der Waals surface area (Å²) in [6.07, 6.45) is -2.41. The van der Waals surface area contributed by atoms with Crippen LogP contribution in [0.5, 0.6) is 0 Å². The van der Waals surface area contributed by atoms with Crippen molar-refractivity contribution in [3.63, 3.8) is 0 Å². The summed E-state index contributed by atoms with van der Waals surface area (Å²) < 4.78 is 41.1. The van der Waals surface area contributed by atoms with E-state index in [1.807, 2.05) is 31.2 Å². The highest BCUT2D eigenvalue weighted by molar-refractivity contribution is 5.25. The molecule has 0 amide bonds. The zero-order chi connectivity index (χ0) is 15.0. The van der Waals surface area contributed by atoms with Crippen molar-refractivity contribution in [3.05, 3.63) is 35.4 Å². The number of benzene rings is 1. The van der Waals surface area contributed by atoms with Crippen LogP contribution in [0.3, 0.4) is 0 Å². The van der Waals surface area contributed by atoms with Gasteiger partial charge in [-0.3, -0.25) is 0 Å². The van der Waals surface area contributed by atoms with Gasteiger partial charge >= 0.3 is 6.18 Å². The molecule has 20 heavy (non-hydrogen) atoms. The van der Waals surface area contributed by atoms with E-state index in [1.54, 1.807) is 0 Å². The SMILES string of the molecule is CCCNC(COCC(F)(F)F)c1ccc(CC)cc1. The van der Waals surface area contributed by atoms with Crippen LogP contribution in [0.1, 0.15) is 37.4 Å². The first-order valence-electron chi connectivity index (χ1n) is 6.93. The van der Waals surface area contributed by atoms with Gasteiger partial charge in [0.2, 0.25) is 0 Å². The van der Waals surface area contributed by atoms with Gasteiger partial charge in [0, 0.05) is 0 Å². The van der Waals surface area contributed by atoms with Gasteiger partial charge in [0.25, 0.3) is 0 Å². The number of rotatable bonds is 8. The molecule has 0 radical (unpaired) electrons. The van der Waals surface area contributed by atoms with E-state index >= 15 is 0 Å². The van der Waals surface area contributed by atoms with E-state index in [-0.39, 0.29) is 12.6 Å². The number of alkyl halides is 3. The van der Waals surface area contributed by atoms with E-state index in [9.17, 15) is 13.2 Å². The molecule has 1 rings (SSSR count). The molecule has 0 aliphatic heterocycles. The van der Waals surface area contributed by atoms with Crippen LogP contribution >= 0.6 is 0 Å². The molecule has 0 fully saturated rings. The van der Waals surface area contributed by atoms with Crippen molar-refractivity contribution in [2.24, 2.45) is 0 Å². The molecule has 1 N–H and O–H groups in total.